The molecule has 0 bridgehead atoms. The normalized spacial score (nSPS) is 9.89. The second-order valence-electron chi connectivity index (χ2n) is 4.53. The maximum absolute atomic E-state index is 11.8. The van der Waals surface area contributed by atoms with Gasteiger partial charge in [-0.15, -0.1) is 0 Å². The highest BCUT2D eigenvalue weighted by atomic mass is 16.2. The SMILES string of the molecule is CCNC(=O)NCC(=O)Nc1c(C)cc(C)cc1C. The molecule has 3 N–H and O–H groups in total. The number of anilines is 1. The van der Waals surface area contributed by atoms with Gasteiger partial charge in [0.2, 0.25) is 5.91 Å². The highest BCUT2D eigenvalue weighted by molar-refractivity contribution is 5.95. The fourth-order valence-electron chi connectivity index (χ4n) is 1.94. The molecule has 19 heavy (non-hydrogen) atoms. The van der Waals surface area contributed by atoms with E-state index < -0.39 is 0 Å². The summed E-state index contributed by atoms with van der Waals surface area (Å²) in [5.41, 5.74) is 4.01. The lowest BCUT2D eigenvalue weighted by molar-refractivity contribution is -0.115. The largest absolute Gasteiger partial charge is 0.338 e. The number of hydrogen-bond donors (Lipinski definition) is 3. The molecule has 0 heterocycles. The second-order valence-corrected chi connectivity index (χ2v) is 4.53. The Labute approximate surface area is 113 Å². The summed E-state index contributed by atoms with van der Waals surface area (Å²) < 4.78 is 0. The summed E-state index contributed by atoms with van der Waals surface area (Å²) in [5.74, 6) is -0.235. The Balaban J connectivity index is 2.60. The molecule has 5 nitrogen and oxygen atoms in total. The van der Waals surface area contributed by atoms with Gasteiger partial charge < -0.3 is 16.0 Å². The Morgan fingerprint density at radius 2 is 1.63 bits per heavy atom. The highest BCUT2D eigenvalue weighted by Gasteiger charge is 2.09. The number of carbonyl (C=O) groups excluding carboxylic acids is 2. The van der Waals surface area contributed by atoms with E-state index in [4.69, 9.17) is 0 Å². The van der Waals surface area contributed by atoms with E-state index in [0.29, 0.717) is 6.54 Å². The van der Waals surface area contributed by atoms with Gasteiger partial charge in [-0.25, -0.2) is 4.79 Å². The molecule has 104 valence electrons. The van der Waals surface area contributed by atoms with Crippen molar-refractivity contribution in [2.24, 2.45) is 0 Å². The molecule has 0 radical (unpaired) electrons. The maximum Gasteiger partial charge on any atom is 0.315 e. The van der Waals surface area contributed by atoms with Crippen molar-refractivity contribution in [2.75, 3.05) is 18.4 Å². The lowest BCUT2D eigenvalue weighted by atomic mass is 10.1. The van der Waals surface area contributed by atoms with E-state index in [1.807, 2.05) is 39.8 Å². The van der Waals surface area contributed by atoms with E-state index in [0.717, 1.165) is 22.4 Å². The Kier molecular flexibility index (Phi) is 5.36. The van der Waals surface area contributed by atoms with Crippen LogP contribution < -0.4 is 16.0 Å². The minimum Gasteiger partial charge on any atom is -0.338 e. The third kappa shape index (κ3) is 4.62. The minimum absolute atomic E-state index is 0.0431. The maximum atomic E-state index is 11.8. The topological polar surface area (TPSA) is 70.2 Å². The number of rotatable bonds is 4. The Morgan fingerprint density at radius 3 is 2.16 bits per heavy atom. The van der Waals surface area contributed by atoms with Gasteiger partial charge in [-0.3, -0.25) is 4.79 Å². The number of nitrogens with one attached hydrogen (secondary N) is 3. The van der Waals surface area contributed by atoms with E-state index in [1.54, 1.807) is 0 Å². The summed E-state index contributed by atoms with van der Waals surface area (Å²) in [5, 5.41) is 7.88. The highest BCUT2D eigenvalue weighted by Crippen LogP contribution is 2.21. The molecule has 0 spiro atoms. The predicted octanol–water partition coefficient (Wildman–Crippen LogP) is 1.87. The number of hydrogen-bond acceptors (Lipinski definition) is 2. The van der Waals surface area contributed by atoms with E-state index in [1.165, 1.54) is 0 Å². The van der Waals surface area contributed by atoms with E-state index in [2.05, 4.69) is 16.0 Å². The standard InChI is InChI=1S/C14H21N3O2/c1-5-15-14(19)16-8-12(18)17-13-10(3)6-9(2)7-11(13)4/h6-7H,5,8H2,1-4H3,(H,17,18)(H2,15,16,19). The molecule has 5 heteroatoms. The minimum atomic E-state index is -0.338. The van der Waals surface area contributed by atoms with Crippen molar-refractivity contribution in [1.82, 2.24) is 10.6 Å². The van der Waals surface area contributed by atoms with Crippen LogP contribution in [0.5, 0.6) is 0 Å². The van der Waals surface area contributed by atoms with Crippen molar-refractivity contribution in [3.05, 3.63) is 28.8 Å². The van der Waals surface area contributed by atoms with Gasteiger partial charge in [0, 0.05) is 12.2 Å². The Morgan fingerprint density at radius 1 is 1.05 bits per heavy atom. The summed E-state index contributed by atoms with van der Waals surface area (Å²) in [6, 6.07) is 3.69. The average Bonchev–Trinajstić information content (AvgIpc) is 2.31. The van der Waals surface area contributed by atoms with Gasteiger partial charge in [-0.2, -0.15) is 0 Å². The molecule has 1 rings (SSSR count). The number of amides is 3. The first-order chi connectivity index (χ1) is 8.93. The fraction of sp³-hybridized carbons (Fsp3) is 0.429. The summed E-state index contributed by atoms with van der Waals surface area (Å²) >= 11 is 0. The number of carbonyl (C=O) groups is 2. The van der Waals surface area contributed by atoms with Crippen LogP contribution in [0.2, 0.25) is 0 Å². The molecular weight excluding hydrogens is 242 g/mol. The molecule has 0 aliphatic rings. The van der Waals surface area contributed by atoms with Crippen LogP contribution in [0.25, 0.3) is 0 Å². The fourth-order valence-corrected chi connectivity index (χ4v) is 1.94. The summed E-state index contributed by atoms with van der Waals surface area (Å²) in [6.45, 7) is 8.23. The van der Waals surface area contributed by atoms with Crippen molar-refractivity contribution >= 4 is 17.6 Å². The Hall–Kier alpha value is -2.04. The molecule has 1 aromatic carbocycles. The average molecular weight is 263 g/mol. The van der Waals surface area contributed by atoms with E-state index >= 15 is 0 Å². The second kappa shape index (κ2) is 6.78. The van der Waals surface area contributed by atoms with Crippen LogP contribution in [0.1, 0.15) is 23.6 Å². The third-order valence-electron chi connectivity index (χ3n) is 2.69. The zero-order valence-corrected chi connectivity index (χ0v) is 11.9. The quantitative estimate of drug-likeness (QED) is 0.776. The van der Waals surface area contributed by atoms with Gasteiger partial charge in [0.25, 0.3) is 0 Å². The molecule has 0 unspecified atom stereocenters. The molecule has 0 aromatic heterocycles. The van der Waals surface area contributed by atoms with Crippen LogP contribution in [-0.4, -0.2) is 25.0 Å². The van der Waals surface area contributed by atoms with Crippen LogP contribution >= 0.6 is 0 Å². The molecule has 0 saturated carbocycles. The molecule has 1 aromatic rings. The van der Waals surface area contributed by atoms with Crippen molar-refractivity contribution in [3.63, 3.8) is 0 Å². The first-order valence-electron chi connectivity index (χ1n) is 6.33. The lowest BCUT2D eigenvalue weighted by Crippen LogP contribution is -2.39. The molecule has 0 saturated heterocycles. The van der Waals surface area contributed by atoms with Crippen LogP contribution in [0.3, 0.4) is 0 Å². The van der Waals surface area contributed by atoms with Crippen LogP contribution in [-0.2, 0) is 4.79 Å². The number of benzene rings is 1. The monoisotopic (exact) mass is 263 g/mol. The van der Waals surface area contributed by atoms with Crippen molar-refractivity contribution < 1.29 is 9.59 Å². The van der Waals surface area contributed by atoms with E-state index in [9.17, 15) is 9.59 Å². The zero-order valence-electron chi connectivity index (χ0n) is 11.9. The van der Waals surface area contributed by atoms with E-state index in [-0.39, 0.29) is 18.5 Å². The van der Waals surface area contributed by atoms with Gasteiger partial charge >= 0.3 is 6.03 Å². The Bertz CT molecular complexity index is 461. The van der Waals surface area contributed by atoms with Crippen molar-refractivity contribution in [1.29, 1.82) is 0 Å². The lowest BCUT2D eigenvalue weighted by Gasteiger charge is -2.13. The first kappa shape index (κ1) is 15.0. The molecule has 0 aliphatic carbocycles. The smallest absolute Gasteiger partial charge is 0.315 e. The zero-order chi connectivity index (χ0) is 14.4. The predicted molar refractivity (Wildman–Crippen MR) is 76.4 cm³/mol. The van der Waals surface area contributed by atoms with Crippen LogP contribution in [0, 0.1) is 20.8 Å². The first-order valence-corrected chi connectivity index (χ1v) is 6.33. The summed E-state index contributed by atoms with van der Waals surface area (Å²) in [4.78, 5) is 22.9. The van der Waals surface area contributed by atoms with Crippen molar-refractivity contribution in [3.8, 4) is 0 Å². The summed E-state index contributed by atoms with van der Waals surface area (Å²) in [6.07, 6.45) is 0. The molecule has 0 atom stereocenters. The van der Waals surface area contributed by atoms with Gasteiger partial charge in [0.05, 0.1) is 6.54 Å². The molecule has 3 amide bonds. The van der Waals surface area contributed by atoms with Gasteiger partial charge in [-0.05, 0) is 38.8 Å². The van der Waals surface area contributed by atoms with Crippen LogP contribution in [0.15, 0.2) is 12.1 Å². The van der Waals surface area contributed by atoms with Gasteiger partial charge in [0.15, 0.2) is 0 Å². The molecule has 0 aliphatic heterocycles. The third-order valence-corrected chi connectivity index (χ3v) is 2.69. The van der Waals surface area contributed by atoms with Crippen LogP contribution in [0.4, 0.5) is 10.5 Å². The van der Waals surface area contributed by atoms with Gasteiger partial charge in [-0.1, -0.05) is 17.7 Å². The molecular formula is C14H21N3O2. The van der Waals surface area contributed by atoms with Crippen molar-refractivity contribution in [2.45, 2.75) is 27.7 Å². The summed E-state index contributed by atoms with van der Waals surface area (Å²) in [7, 11) is 0. The number of urea groups is 1. The van der Waals surface area contributed by atoms with Gasteiger partial charge in [0.1, 0.15) is 0 Å². The molecule has 0 fully saturated rings. The number of aryl methyl sites for hydroxylation is 3.